The van der Waals surface area contributed by atoms with Crippen LogP contribution in [0.25, 0.3) is 6.08 Å². The maximum atomic E-state index is 11.5. The summed E-state index contributed by atoms with van der Waals surface area (Å²) in [7, 11) is 3.60. The first kappa shape index (κ1) is 22.1. The van der Waals surface area contributed by atoms with Crippen molar-refractivity contribution in [2.24, 2.45) is 7.05 Å². The Hall–Kier alpha value is -3.13. The molecule has 1 N–H and O–H groups in total. The first-order valence-electron chi connectivity index (χ1n) is 9.58. The highest BCUT2D eigenvalue weighted by atomic mass is 35.5. The van der Waals surface area contributed by atoms with Gasteiger partial charge < -0.3 is 10.0 Å². The summed E-state index contributed by atoms with van der Waals surface area (Å²) < 4.78 is 7.59. The van der Waals surface area contributed by atoms with Crippen molar-refractivity contribution in [1.29, 1.82) is 0 Å². The minimum Gasteiger partial charge on any atom is -0.482 e. The van der Waals surface area contributed by atoms with E-state index in [1.165, 1.54) is 22.0 Å². The molecule has 0 unspecified atom stereocenters. The Labute approximate surface area is 196 Å². The molecule has 0 saturated carbocycles. The van der Waals surface area contributed by atoms with Crippen LogP contribution >= 0.6 is 34.7 Å². The van der Waals surface area contributed by atoms with Gasteiger partial charge in [0.1, 0.15) is 9.91 Å². The first-order chi connectivity index (χ1) is 15.3. The number of anilines is 1. The van der Waals surface area contributed by atoms with Gasteiger partial charge in [0.05, 0.1) is 35.4 Å². The molecule has 0 amide bonds. The second-order valence-corrected chi connectivity index (χ2v) is 9.36. The van der Waals surface area contributed by atoms with E-state index < -0.39 is 4.92 Å². The molecule has 0 spiro atoms. The molecular formula is C21H19ClN5O3S2+. The number of aromatic hydroxyl groups is 1. The van der Waals surface area contributed by atoms with Gasteiger partial charge in [-0.15, -0.1) is 0 Å². The normalized spacial score (nSPS) is 12.4. The van der Waals surface area contributed by atoms with Crippen molar-refractivity contribution in [3.63, 3.8) is 0 Å². The number of hydrogen-bond acceptors (Lipinski definition) is 6. The molecule has 1 aliphatic heterocycles. The summed E-state index contributed by atoms with van der Waals surface area (Å²) in [5, 5.41) is 23.4. The molecule has 2 aromatic heterocycles. The molecule has 164 valence electrons. The van der Waals surface area contributed by atoms with E-state index in [0.717, 1.165) is 15.6 Å². The van der Waals surface area contributed by atoms with Gasteiger partial charge in [-0.1, -0.05) is 41.2 Å². The van der Waals surface area contributed by atoms with Crippen molar-refractivity contribution in [2.45, 2.75) is 18.4 Å². The Bertz CT molecular complexity index is 1460. The van der Waals surface area contributed by atoms with E-state index in [1.54, 1.807) is 35.6 Å². The van der Waals surface area contributed by atoms with Crippen LogP contribution < -0.4 is 19.9 Å². The van der Waals surface area contributed by atoms with Gasteiger partial charge in [0.2, 0.25) is 0 Å². The monoisotopic (exact) mass is 488 g/mol. The fraction of sp³-hybridized carbons (Fsp3) is 0.190. The highest BCUT2D eigenvalue weighted by molar-refractivity contribution is 8.03. The van der Waals surface area contributed by atoms with Crippen molar-refractivity contribution in [3.8, 4) is 5.88 Å². The SMILES string of the molecule is CCn1c(O)c(C=C=C2Sc3ccccc3N2C)sc1=[N+]=c1c([N+](=O)[O-])cc(Cl)cn1C. The largest absolute Gasteiger partial charge is 0.482 e. The van der Waals surface area contributed by atoms with Crippen LogP contribution in [0, 0.1) is 10.1 Å². The third-order valence-corrected chi connectivity index (χ3v) is 7.21. The third kappa shape index (κ3) is 4.02. The molecule has 0 radical (unpaired) electrons. The Kier molecular flexibility index (Phi) is 6.06. The zero-order chi connectivity index (χ0) is 23.0. The second-order valence-electron chi connectivity index (χ2n) is 6.89. The Morgan fingerprint density at radius 3 is 2.78 bits per heavy atom. The second kappa shape index (κ2) is 8.78. The molecule has 32 heavy (non-hydrogen) atoms. The summed E-state index contributed by atoms with van der Waals surface area (Å²) in [6.45, 7) is 2.31. The summed E-state index contributed by atoms with van der Waals surface area (Å²) in [5.74, 6) is 0.0341. The summed E-state index contributed by atoms with van der Waals surface area (Å²) in [6.07, 6.45) is 3.26. The highest BCUT2D eigenvalue weighted by Gasteiger charge is 2.22. The maximum absolute atomic E-state index is 11.5. The lowest BCUT2D eigenvalue weighted by Gasteiger charge is -2.10. The zero-order valence-corrected chi connectivity index (χ0v) is 19.8. The molecule has 0 bridgehead atoms. The third-order valence-electron chi connectivity index (χ3n) is 4.84. The molecule has 0 saturated heterocycles. The van der Waals surface area contributed by atoms with Crippen LogP contribution in [-0.2, 0) is 13.6 Å². The first-order valence-corrected chi connectivity index (χ1v) is 11.6. The Balaban J connectivity index is 1.91. The quantitative estimate of drug-likeness (QED) is 0.264. The van der Waals surface area contributed by atoms with Crippen LogP contribution in [0.3, 0.4) is 0 Å². The van der Waals surface area contributed by atoms with Crippen molar-refractivity contribution in [2.75, 3.05) is 11.9 Å². The zero-order valence-electron chi connectivity index (χ0n) is 17.4. The number of rotatable bonds is 3. The van der Waals surface area contributed by atoms with Gasteiger partial charge in [-0.3, -0.25) is 10.1 Å². The molecule has 0 atom stereocenters. The molecule has 4 rings (SSSR count). The molecule has 3 aromatic rings. The summed E-state index contributed by atoms with van der Waals surface area (Å²) in [5.41, 5.74) is 4.29. The van der Waals surface area contributed by atoms with Gasteiger partial charge >= 0.3 is 16.0 Å². The number of fused-ring (bicyclic) bond motifs is 1. The summed E-state index contributed by atoms with van der Waals surface area (Å²) >= 11 is 8.80. The number of nitro groups is 1. The van der Waals surface area contributed by atoms with E-state index in [-0.39, 0.29) is 22.1 Å². The van der Waals surface area contributed by atoms with Crippen molar-refractivity contribution >= 4 is 52.2 Å². The van der Waals surface area contributed by atoms with E-state index in [9.17, 15) is 15.2 Å². The lowest BCUT2D eigenvalue weighted by Crippen LogP contribution is -2.29. The molecular weight excluding hydrogens is 470 g/mol. The number of aromatic nitrogens is 2. The predicted octanol–water partition coefficient (Wildman–Crippen LogP) is 3.44. The number of halogens is 1. The lowest BCUT2D eigenvalue weighted by molar-refractivity contribution is -0.386. The minimum absolute atomic E-state index is 0.0341. The lowest BCUT2D eigenvalue weighted by atomic mass is 10.3. The number of pyridine rings is 1. The van der Waals surface area contributed by atoms with Gasteiger partial charge in [-0.2, -0.15) is 0 Å². The average molecular weight is 489 g/mol. The number of para-hydroxylation sites is 1. The van der Waals surface area contributed by atoms with E-state index >= 15 is 0 Å². The van der Waals surface area contributed by atoms with Crippen LogP contribution in [0.5, 0.6) is 5.88 Å². The average Bonchev–Trinajstić information content (AvgIpc) is 3.24. The fourth-order valence-corrected chi connectivity index (χ4v) is 5.50. The van der Waals surface area contributed by atoms with Gasteiger partial charge in [-0.05, 0) is 30.4 Å². The van der Waals surface area contributed by atoms with E-state index in [4.69, 9.17) is 11.6 Å². The standard InChI is InChI=1S/C21H18ClN5O3S2/c1-4-26-20(28)17(9-10-18-25(3)14-7-5-6-8-16(14)31-18)32-21(26)23-19-15(27(29)30)11-13(22)12-24(19)2/h5-9,11-12H,4H2,1-3H3/p+1. The summed E-state index contributed by atoms with van der Waals surface area (Å²) in [4.78, 5) is 15.2. The summed E-state index contributed by atoms with van der Waals surface area (Å²) in [6, 6.07) is 9.34. The van der Waals surface area contributed by atoms with Crippen LogP contribution in [0.1, 0.15) is 11.8 Å². The van der Waals surface area contributed by atoms with Gasteiger partial charge in [0.15, 0.2) is 0 Å². The molecule has 1 aromatic carbocycles. The molecule has 0 aliphatic carbocycles. The number of thioether (sulfide) groups is 1. The minimum atomic E-state index is -0.523. The maximum Gasteiger partial charge on any atom is 0.395 e. The number of hydrogen-bond donors (Lipinski definition) is 1. The fourth-order valence-electron chi connectivity index (χ4n) is 3.26. The highest BCUT2D eigenvalue weighted by Crippen LogP contribution is 2.44. The number of benzene rings is 1. The molecule has 1 aliphatic rings. The van der Waals surface area contributed by atoms with Crippen LogP contribution in [-0.4, -0.2) is 26.2 Å². The van der Waals surface area contributed by atoms with E-state index in [1.807, 2.05) is 37.1 Å². The molecule has 0 fully saturated rings. The van der Waals surface area contributed by atoms with Crippen molar-refractivity contribution < 1.29 is 10.0 Å². The van der Waals surface area contributed by atoms with E-state index in [2.05, 4.69) is 16.5 Å². The van der Waals surface area contributed by atoms with Gasteiger partial charge in [0, 0.05) is 24.1 Å². The van der Waals surface area contributed by atoms with Crippen molar-refractivity contribution in [1.82, 2.24) is 13.8 Å². The topological polar surface area (TPSA) is 90.6 Å². The predicted molar refractivity (Wildman–Crippen MR) is 127 cm³/mol. The number of aryl methyl sites for hydroxylation is 1. The van der Waals surface area contributed by atoms with Crippen LogP contribution in [0.15, 0.2) is 52.2 Å². The van der Waals surface area contributed by atoms with Gasteiger partial charge in [-0.25, -0.2) is 13.8 Å². The smallest absolute Gasteiger partial charge is 0.395 e. The van der Waals surface area contributed by atoms with E-state index in [0.29, 0.717) is 16.2 Å². The number of thiazole rings is 1. The molecule has 11 heteroatoms. The Morgan fingerprint density at radius 1 is 1.34 bits per heavy atom. The molecule has 3 heterocycles. The molecule has 8 nitrogen and oxygen atoms in total. The number of nitrogens with zero attached hydrogens (tertiary/aromatic N) is 5. The van der Waals surface area contributed by atoms with Crippen LogP contribution in [0.2, 0.25) is 5.02 Å². The van der Waals surface area contributed by atoms with Gasteiger partial charge in [0.25, 0.3) is 5.88 Å². The van der Waals surface area contributed by atoms with Crippen molar-refractivity contribution in [3.05, 3.63) is 77.6 Å². The Morgan fingerprint density at radius 2 is 2.09 bits per heavy atom. The van der Waals surface area contributed by atoms with Crippen LogP contribution in [0.4, 0.5) is 11.4 Å².